The molecular weight excluding hydrogens is 162 g/mol. The molecule has 5 nitrogen and oxygen atoms in total. The molecule has 0 unspecified atom stereocenters. The summed E-state index contributed by atoms with van der Waals surface area (Å²) in [6.45, 7) is 2.58. The molecule has 0 aromatic carbocycles. The van der Waals surface area contributed by atoms with Crippen LogP contribution in [0.15, 0.2) is 0 Å². The van der Waals surface area contributed by atoms with Crippen LogP contribution >= 0.6 is 0 Å². The molecule has 72 valence electrons. The molecular formula is C7H15NO4. The average molecular weight is 177 g/mol. The first-order chi connectivity index (χ1) is 5.66. The predicted octanol–water partition coefficient (Wildman–Crippen LogP) is -1.16. The Kier molecular flexibility index (Phi) is 6.64. The molecule has 0 radical (unpaired) electrons. The number of hydrogen-bond donors (Lipinski definition) is 3. The number of hydrogen-bond acceptors (Lipinski definition) is 5. The van der Waals surface area contributed by atoms with Gasteiger partial charge >= 0.3 is 5.97 Å². The largest absolute Gasteiger partial charge is 0.466 e. The third kappa shape index (κ3) is 7.46. The number of nitrogens with one attached hydrogen (secondary N) is 1. The van der Waals surface area contributed by atoms with Gasteiger partial charge in [0.15, 0.2) is 6.29 Å². The van der Waals surface area contributed by atoms with Gasteiger partial charge in [-0.2, -0.15) is 0 Å². The van der Waals surface area contributed by atoms with Crippen molar-refractivity contribution < 1.29 is 19.7 Å². The molecule has 0 atom stereocenters. The molecule has 0 aliphatic rings. The van der Waals surface area contributed by atoms with Crippen LogP contribution in [0.2, 0.25) is 0 Å². The summed E-state index contributed by atoms with van der Waals surface area (Å²) < 4.78 is 4.64. The van der Waals surface area contributed by atoms with Crippen molar-refractivity contribution in [1.82, 2.24) is 5.32 Å². The second kappa shape index (κ2) is 7.02. The molecule has 0 bridgehead atoms. The minimum atomic E-state index is -1.37. The summed E-state index contributed by atoms with van der Waals surface area (Å²) in [5.41, 5.74) is 0. The van der Waals surface area contributed by atoms with E-state index in [0.717, 1.165) is 0 Å². The number of ether oxygens (including phenoxy) is 1. The van der Waals surface area contributed by atoms with E-state index in [1.54, 1.807) is 6.92 Å². The van der Waals surface area contributed by atoms with Crippen molar-refractivity contribution in [1.29, 1.82) is 0 Å². The van der Waals surface area contributed by atoms with Gasteiger partial charge in [-0.15, -0.1) is 0 Å². The summed E-state index contributed by atoms with van der Waals surface area (Å²) in [4.78, 5) is 10.7. The minimum Gasteiger partial charge on any atom is -0.466 e. The first-order valence-electron chi connectivity index (χ1n) is 3.89. The molecule has 0 amide bonds. The number of aliphatic hydroxyl groups is 2. The third-order valence-electron chi connectivity index (χ3n) is 1.14. The van der Waals surface area contributed by atoms with Crippen LogP contribution in [0.3, 0.4) is 0 Å². The molecule has 0 aliphatic heterocycles. The van der Waals surface area contributed by atoms with Crippen LogP contribution in [0.5, 0.6) is 0 Å². The van der Waals surface area contributed by atoms with Gasteiger partial charge in [0.1, 0.15) is 0 Å². The number of carbonyl (C=O) groups excluding carboxylic acids is 1. The average Bonchev–Trinajstić information content (AvgIpc) is 1.98. The summed E-state index contributed by atoms with van der Waals surface area (Å²) in [7, 11) is 0. The van der Waals surface area contributed by atoms with Crippen molar-refractivity contribution in [2.75, 3.05) is 19.7 Å². The summed E-state index contributed by atoms with van der Waals surface area (Å²) >= 11 is 0. The maximum atomic E-state index is 10.7. The van der Waals surface area contributed by atoms with E-state index in [1.807, 2.05) is 0 Å². The second-order valence-electron chi connectivity index (χ2n) is 2.24. The molecule has 0 saturated heterocycles. The van der Waals surface area contributed by atoms with E-state index in [9.17, 15) is 4.79 Å². The van der Waals surface area contributed by atoms with Crippen LogP contribution in [-0.4, -0.2) is 42.2 Å². The lowest BCUT2D eigenvalue weighted by Crippen LogP contribution is -2.28. The van der Waals surface area contributed by atoms with Crippen molar-refractivity contribution >= 4 is 5.97 Å². The molecule has 12 heavy (non-hydrogen) atoms. The van der Waals surface area contributed by atoms with Crippen molar-refractivity contribution in [2.45, 2.75) is 19.6 Å². The van der Waals surface area contributed by atoms with Gasteiger partial charge < -0.3 is 20.3 Å². The van der Waals surface area contributed by atoms with Gasteiger partial charge in [0.25, 0.3) is 0 Å². The summed E-state index contributed by atoms with van der Waals surface area (Å²) in [5.74, 6) is -0.280. The first-order valence-corrected chi connectivity index (χ1v) is 3.89. The maximum Gasteiger partial charge on any atom is 0.307 e. The summed E-state index contributed by atoms with van der Waals surface area (Å²) in [6, 6.07) is 0. The highest BCUT2D eigenvalue weighted by Crippen LogP contribution is 1.83. The maximum absolute atomic E-state index is 10.7. The van der Waals surface area contributed by atoms with Gasteiger partial charge in [0.05, 0.1) is 13.0 Å². The Labute approximate surface area is 71.3 Å². The highest BCUT2D eigenvalue weighted by atomic mass is 16.5. The van der Waals surface area contributed by atoms with Crippen molar-refractivity contribution in [3.63, 3.8) is 0 Å². The highest BCUT2D eigenvalue weighted by Gasteiger charge is 2.01. The number of carbonyl (C=O) groups is 1. The normalized spacial score (nSPS) is 10.3. The van der Waals surface area contributed by atoms with Gasteiger partial charge in [0, 0.05) is 13.1 Å². The Hall–Kier alpha value is -0.650. The Balaban J connectivity index is 3.14. The SMILES string of the molecule is CCOC(=O)CCNCC(O)O. The second-order valence-corrected chi connectivity index (χ2v) is 2.24. The zero-order valence-electron chi connectivity index (χ0n) is 7.12. The van der Waals surface area contributed by atoms with Gasteiger partial charge in [-0.05, 0) is 6.92 Å². The Morgan fingerprint density at radius 2 is 2.25 bits per heavy atom. The molecule has 0 saturated carbocycles. The molecule has 0 spiro atoms. The van der Waals surface area contributed by atoms with Crippen LogP contribution < -0.4 is 5.32 Å². The summed E-state index contributed by atoms with van der Waals surface area (Å²) in [6.07, 6.45) is -1.12. The van der Waals surface area contributed by atoms with Gasteiger partial charge in [-0.1, -0.05) is 0 Å². The predicted molar refractivity (Wildman–Crippen MR) is 42.3 cm³/mol. The van der Waals surface area contributed by atoms with E-state index in [2.05, 4.69) is 10.1 Å². The smallest absolute Gasteiger partial charge is 0.307 e. The van der Waals surface area contributed by atoms with Crippen molar-refractivity contribution in [2.24, 2.45) is 0 Å². The fourth-order valence-corrected chi connectivity index (χ4v) is 0.655. The molecule has 0 aromatic heterocycles. The van der Waals surface area contributed by atoms with E-state index < -0.39 is 6.29 Å². The number of rotatable bonds is 6. The first kappa shape index (κ1) is 11.4. The van der Waals surface area contributed by atoms with Crippen LogP contribution in [0.1, 0.15) is 13.3 Å². The Morgan fingerprint density at radius 1 is 1.58 bits per heavy atom. The Morgan fingerprint density at radius 3 is 2.75 bits per heavy atom. The fourth-order valence-electron chi connectivity index (χ4n) is 0.655. The lowest BCUT2D eigenvalue weighted by atomic mass is 10.4. The molecule has 0 aliphatic carbocycles. The molecule has 0 rings (SSSR count). The van der Waals surface area contributed by atoms with Crippen LogP contribution in [0.4, 0.5) is 0 Å². The van der Waals surface area contributed by atoms with E-state index in [0.29, 0.717) is 13.2 Å². The lowest BCUT2D eigenvalue weighted by molar-refractivity contribution is -0.143. The van der Waals surface area contributed by atoms with E-state index in [1.165, 1.54) is 0 Å². The lowest BCUT2D eigenvalue weighted by Gasteiger charge is -2.05. The Bertz CT molecular complexity index is 127. The van der Waals surface area contributed by atoms with Crippen molar-refractivity contribution in [3.8, 4) is 0 Å². The zero-order valence-corrected chi connectivity index (χ0v) is 7.12. The van der Waals surface area contributed by atoms with Crippen LogP contribution in [-0.2, 0) is 9.53 Å². The zero-order chi connectivity index (χ0) is 9.40. The number of esters is 1. The van der Waals surface area contributed by atoms with Gasteiger partial charge in [-0.25, -0.2) is 0 Å². The monoisotopic (exact) mass is 177 g/mol. The minimum absolute atomic E-state index is 0.0689. The van der Waals surface area contributed by atoms with E-state index >= 15 is 0 Å². The molecule has 5 heteroatoms. The topological polar surface area (TPSA) is 78.8 Å². The van der Waals surface area contributed by atoms with Crippen molar-refractivity contribution in [3.05, 3.63) is 0 Å². The summed E-state index contributed by atoms with van der Waals surface area (Å²) in [5, 5.41) is 19.5. The van der Waals surface area contributed by atoms with Gasteiger partial charge in [0.2, 0.25) is 0 Å². The third-order valence-corrected chi connectivity index (χ3v) is 1.14. The van der Waals surface area contributed by atoms with Crippen LogP contribution in [0, 0.1) is 0 Å². The van der Waals surface area contributed by atoms with Crippen LogP contribution in [0.25, 0.3) is 0 Å². The van der Waals surface area contributed by atoms with E-state index in [4.69, 9.17) is 10.2 Å². The molecule has 0 heterocycles. The molecule has 0 aromatic rings. The molecule has 0 fully saturated rings. The fraction of sp³-hybridized carbons (Fsp3) is 0.857. The quantitative estimate of drug-likeness (QED) is 0.271. The van der Waals surface area contributed by atoms with Gasteiger partial charge in [-0.3, -0.25) is 4.79 Å². The van der Waals surface area contributed by atoms with E-state index in [-0.39, 0.29) is 18.9 Å². The molecule has 3 N–H and O–H groups in total. The highest BCUT2D eigenvalue weighted by molar-refractivity contribution is 5.69. The number of aliphatic hydroxyl groups excluding tert-OH is 1. The standard InChI is InChI=1S/C7H15NO4/c1-2-12-7(11)3-4-8-5-6(9)10/h6,8-10H,2-5H2,1H3.